The molecule has 2 rings (SSSR count). The molecular weight excluding hydrogens is 348 g/mol. The molecule has 2 aromatic heterocycles. The largest absolute Gasteiger partial charge is 0.354 e. The van der Waals surface area contributed by atoms with Crippen LogP contribution in [0.4, 0.5) is 0 Å². The van der Waals surface area contributed by atoms with Gasteiger partial charge < -0.3 is 10.6 Å². The van der Waals surface area contributed by atoms with Crippen molar-refractivity contribution in [1.29, 1.82) is 0 Å². The standard InChI is InChI=1S/C19H28N4O2S/c1-12(2)17(21-18(24)16-7-6-8-26-16)19(25)20-10-13(3)11-23-15(5)9-14(4)22-23/h6-9,12-13,17H,10-11H2,1-5H3,(H,20,25)(H,21,24)/t13-,17+/m0/s1. The molecule has 0 aromatic carbocycles. The SMILES string of the molecule is Cc1cc(C)n(C[C@@H](C)CNC(=O)[C@H](NC(=O)c2cccs2)C(C)C)n1. The van der Waals surface area contributed by atoms with Crippen molar-refractivity contribution in [1.82, 2.24) is 20.4 Å². The lowest BCUT2D eigenvalue weighted by atomic mass is 10.0. The molecule has 2 heterocycles. The Morgan fingerprint density at radius 1 is 1.27 bits per heavy atom. The van der Waals surface area contributed by atoms with Gasteiger partial charge in [-0.1, -0.05) is 26.8 Å². The Kier molecular flexibility index (Phi) is 6.97. The minimum Gasteiger partial charge on any atom is -0.354 e. The summed E-state index contributed by atoms with van der Waals surface area (Å²) in [6.07, 6.45) is 0. The summed E-state index contributed by atoms with van der Waals surface area (Å²) < 4.78 is 1.96. The first-order valence-corrected chi connectivity index (χ1v) is 9.79. The molecule has 0 aliphatic carbocycles. The normalized spacial score (nSPS) is 13.5. The minimum atomic E-state index is -0.550. The minimum absolute atomic E-state index is 0.00484. The molecule has 2 N–H and O–H groups in total. The zero-order chi connectivity index (χ0) is 19.3. The van der Waals surface area contributed by atoms with E-state index in [1.165, 1.54) is 11.3 Å². The Balaban J connectivity index is 1.88. The molecule has 6 nitrogen and oxygen atoms in total. The van der Waals surface area contributed by atoms with Gasteiger partial charge in [-0.25, -0.2) is 0 Å². The quantitative estimate of drug-likeness (QED) is 0.744. The van der Waals surface area contributed by atoms with Gasteiger partial charge in [0.2, 0.25) is 5.91 Å². The monoisotopic (exact) mass is 376 g/mol. The van der Waals surface area contributed by atoms with Crippen molar-refractivity contribution < 1.29 is 9.59 Å². The predicted octanol–water partition coefficient (Wildman–Crippen LogP) is 2.77. The summed E-state index contributed by atoms with van der Waals surface area (Å²) in [5.41, 5.74) is 2.11. The Labute approximate surface area is 159 Å². The third kappa shape index (κ3) is 5.42. The van der Waals surface area contributed by atoms with Crippen LogP contribution < -0.4 is 10.6 Å². The fourth-order valence-electron chi connectivity index (χ4n) is 2.76. The van der Waals surface area contributed by atoms with Crippen molar-refractivity contribution in [2.24, 2.45) is 11.8 Å². The van der Waals surface area contributed by atoms with Crippen molar-refractivity contribution in [2.45, 2.75) is 47.2 Å². The molecular formula is C19H28N4O2S. The molecule has 0 bridgehead atoms. The van der Waals surface area contributed by atoms with Gasteiger partial charge in [-0.3, -0.25) is 14.3 Å². The van der Waals surface area contributed by atoms with Crippen molar-refractivity contribution in [2.75, 3.05) is 6.54 Å². The van der Waals surface area contributed by atoms with E-state index >= 15 is 0 Å². The van der Waals surface area contributed by atoms with Crippen LogP contribution in [0.1, 0.15) is 41.8 Å². The highest BCUT2D eigenvalue weighted by molar-refractivity contribution is 7.12. The molecule has 0 spiro atoms. The van der Waals surface area contributed by atoms with E-state index < -0.39 is 6.04 Å². The first-order valence-electron chi connectivity index (χ1n) is 8.91. The average molecular weight is 377 g/mol. The maximum Gasteiger partial charge on any atom is 0.262 e. The Morgan fingerprint density at radius 2 is 2.00 bits per heavy atom. The average Bonchev–Trinajstić information content (AvgIpc) is 3.20. The molecule has 0 saturated carbocycles. The second kappa shape index (κ2) is 8.98. The number of nitrogens with one attached hydrogen (secondary N) is 2. The lowest BCUT2D eigenvalue weighted by molar-refractivity contribution is -0.124. The van der Waals surface area contributed by atoms with E-state index in [2.05, 4.69) is 22.7 Å². The molecule has 0 radical (unpaired) electrons. The van der Waals surface area contributed by atoms with Crippen LogP contribution in [0.25, 0.3) is 0 Å². The maximum absolute atomic E-state index is 12.6. The Bertz CT molecular complexity index is 737. The van der Waals surface area contributed by atoms with Gasteiger partial charge in [-0.2, -0.15) is 5.10 Å². The van der Waals surface area contributed by atoms with Crippen molar-refractivity contribution in [3.05, 3.63) is 39.8 Å². The molecule has 142 valence electrons. The van der Waals surface area contributed by atoms with Crippen molar-refractivity contribution in [3.63, 3.8) is 0 Å². The Hall–Kier alpha value is -2.15. The van der Waals surface area contributed by atoms with Gasteiger partial charge in [-0.05, 0) is 43.2 Å². The van der Waals surface area contributed by atoms with Crippen LogP contribution in [0.3, 0.4) is 0 Å². The second-order valence-corrected chi connectivity index (χ2v) is 8.08. The van der Waals surface area contributed by atoms with E-state index in [1.807, 2.05) is 49.9 Å². The van der Waals surface area contributed by atoms with Gasteiger partial charge in [0, 0.05) is 18.8 Å². The van der Waals surface area contributed by atoms with Crippen LogP contribution in [0, 0.1) is 25.7 Å². The second-order valence-electron chi connectivity index (χ2n) is 7.13. The molecule has 0 aliphatic rings. The highest BCUT2D eigenvalue weighted by atomic mass is 32.1. The molecule has 0 aliphatic heterocycles. The molecule has 0 unspecified atom stereocenters. The lowest BCUT2D eigenvalue weighted by Gasteiger charge is -2.22. The molecule has 26 heavy (non-hydrogen) atoms. The topological polar surface area (TPSA) is 76.0 Å². The highest BCUT2D eigenvalue weighted by Crippen LogP contribution is 2.11. The van der Waals surface area contributed by atoms with Crippen LogP contribution >= 0.6 is 11.3 Å². The van der Waals surface area contributed by atoms with Crippen molar-refractivity contribution in [3.8, 4) is 0 Å². The van der Waals surface area contributed by atoms with Gasteiger partial charge in [0.1, 0.15) is 6.04 Å². The number of amides is 2. The first kappa shape index (κ1) is 20.2. The van der Waals surface area contributed by atoms with Crippen LogP contribution in [0.2, 0.25) is 0 Å². The van der Waals surface area contributed by atoms with E-state index in [4.69, 9.17) is 0 Å². The van der Waals surface area contributed by atoms with Crippen LogP contribution in [0.15, 0.2) is 23.6 Å². The molecule has 0 fully saturated rings. The summed E-state index contributed by atoms with van der Waals surface area (Å²) in [6.45, 7) is 11.2. The first-order chi connectivity index (χ1) is 12.3. The molecule has 2 aromatic rings. The van der Waals surface area contributed by atoms with Gasteiger partial charge in [0.05, 0.1) is 10.6 Å². The third-order valence-corrected chi connectivity index (χ3v) is 5.06. The summed E-state index contributed by atoms with van der Waals surface area (Å²) in [5, 5.41) is 12.1. The maximum atomic E-state index is 12.6. The fraction of sp³-hybridized carbons (Fsp3) is 0.526. The summed E-state index contributed by atoms with van der Waals surface area (Å²) in [6, 6.07) is 5.07. The summed E-state index contributed by atoms with van der Waals surface area (Å²) in [7, 11) is 0. The smallest absolute Gasteiger partial charge is 0.262 e. The number of carbonyl (C=O) groups is 2. The highest BCUT2D eigenvalue weighted by Gasteiger charge is 2.25. The number of nitrogens with zero attached hydrogens (tertiary/aromatic N) is 2. The molecule has 2 amide bonds. The molecule has 7 heteroatoms. The number of hydrogen-bond acceptors (Lipinski definition) is 4. The van der Waals surface area contributed by atoms with E-state index in [9.17, 15) is 9.59 Å². The number of carbonyl (C=O) groups excluding carboxylic acids is 2. The molecule has 2 atom stereocenters. The van der Waals surface area contributed by atoms with Gasteiger partial charge in [0.15, 0.2) is 0 Å². The van der Waals surface area contributed by atoms with Crippen LogP contribution in [0.5, 0.6) is 0 Å². The van der Waals surface area contributed by atoms with E-state index in [0.717, 1.165) is 17.9 Å². The fourth-order valence-corrected chi connectivity index (χ4v) is 3.39. The number of hydrogen-bond donors (Lipinski definition) is 2. The summed E-state index contributed by atoms with van der Waals surface area (Å²) >= 11 is 1.37. The number of thiophene rings is 1. The van der Waals surface area contributed by atoms with Crippen molar-refractivity contribution >= 4 is 23.2 Å². The van der Waals surface area contributed by atoms with Gasteiger partial charge in [-0.15, -0.1) is 11.3 Å². The predicted molar refractivity (Wildman–Crippen MR) is 104 cm³/mol. The zero-order valence-electron chi connectivity index (χ0n) is 16.1. The summed E-state index contributed by atoms with van der Waals surface area (Å²) in [4.78, 5) is 25.4. The Morgan fingerprint density at radius 3 is 2.54 bits per heavy atom. The van der Waals surface area contributed by atoms with E-state index in [1.54, 1.807) is 6.07 Å². The lowest BCUT2D eigenvalue weighted by Crippen LogP contribution is -2.50. The van der Waals surface area contributed by atoms with Crippen LogP contribution in [-0.4, -0.2) is 34.2 Å². The van der Waals surface area contributed by atoms with E-state index in [-0.39, 0.29) is 23.7 Å². The number of rotatable bonds is 8. The van der Waals surface area contributed by atoms with Gasteiger partial charge in [0.25, 0.3) is 5.91 Å². The zero-order valence-corrected chi connectivity index (χ0v) is 16.9. The number of aryl methyl sites for hydroxylation is 2. The van der Waals surface area contributed by atoms with Crippen LogP contribution in [-0.2, 0) is 11.3 Å². The molecule has 0 saturated heterocycles. The van der Waals surface area contributed by atoms with Gasteiger partial charge >= 0.3 is 0 Å². The summed E-state index contributed by atoms with van der Waals surface area (Å²) in [5.74, 6) is -0.113. The van der Waals surface area contributed by atoms with E-state index in [0.29, 0.717) is 11.4 Å². The third-order valence-electron chi connectivity index (χ3n) is 4.19. The number of aromatic nitrogens is 2.